The van der Waals surface area contributed by atoms with Gasteiger partial charge in [0.1, 0.15) is 5.82 Å². The molecule has 0 spiro atoms. The number of halogens is 5. The number of rotatable bonds is 2. The van der Waals surface area contributed by atoms with Gasteiger partial charge in [-0.1, -0.05) is 29.3 Å². The lowest BCUT2D eigenvalue weighted by Gasteiger charge is -2.33. The number of carbonyl (C=O) groups excluding carboxylic acids is 1. The number of nitrogens with zero attached hydrogens (tertiary/aromatic N) is 2. The summed E-state index contributed by atoms with van der Waals surface area (Å²) in [5.74, 6) is -0.834. The number of benzene rings is 1. The van der Waals surface area contributed by atoms with Crippen LogP contribution < -0.4 is 11.1 Å². The van der Waals surface area contributed by atoms with E-state index in [0.29, 0.717) is 10.6 Å². The van der Waals surface area contributed by atoms with Crippen molar-refractivity contribution in [3.63, 3.8) is 0 Å². The molecule has 2 aromatic rings. The number of alkyl halides is 3. The zero-order valence-electron chi connectivity index (χ0n) is 11.9. The third-order valence-corrected chi connectivity index (χ3v) is 4.53. The molecule has 3 rings (SSSR count). The Morgan fingerprint density at radius 3 is 2.58 bits per heavy atom. The van der Waals surface area contributed by atoms with Crippen LogP contribution in [0.2, 0.25) is 10.0 Å². The second-order valence-electron chi connectivity index (χ2n) is 5.39. The zero-order valence-corrected chi connectivity index (χ0v) is 13.5. The average Bonchev–Trinajstić information content (AvgIpc) is 2.92. The number of nitrogens with one attached hydrogen (secondary N) is 1. The Kier molecular flexibility index (Phi) is 4.13. The fraction of sp³-hybridized carbons (Fsp3) is 0.286. The van der Waals surface area contributed by atoms with E-state index in [1.54, 1.807) is 6.07 Å². The molecule has 0 aliphatic carbocycles. The van der Waals surface area contributed by atoms with Crippen LogP contribution >= 0.6 is 23.2 Å². The average molecular weight is 379 g/mol. The molecule has 0 radical (unpaired) electrons. The lowest BCUT2D eigenvalue weighted by Crippen LogP contribution is -2.35. The van der Waals surface area contributed by atoms with E-state index in [1.807, 2.05) is 0 Å². The number of primary amides is 1. The van der Waals surface area contributed by atoms with Crippen molar-refractivity contribution in [1.82, 2.24) is 9.78 Å². The van der Waals surface area contributed by atoms with Gasteiger partial charge in [0.15, 0.2) is 11.7 Å². The maximum atomic E-state index is 13.4. The minimum absolute atomic E-state index is 0.0634. The highest BCUT2D eigenvalue weighted by atomic mass is 35.5. The van der Waals surface area contributed by atoms with Gasteiger partial charge in [0.05, 0.1) is 16.1 Å². The molecule has 1 aromatic carbocycles. The van der Waals surface area contributed by atoms with Crippen molar-refractivity contribution in [1.29, 1.82) is 0 Å². The second-order valence-corrected chi connectivity index (χ2v) is 6.20. The van der Waals surface area contributed by atoms with Crippen LogP contribution in [0.3, 0.4) is 0 Å². The summed E-state index contributed by atoms with van der Waals surface area (Å²) in [4.78, 5) is 11.2. The second kappa shape index (κ2) is 5.86. The molecule has 1 aromatic heterocycles. The zero-order chi connectivity index (χ0) is 17.6. The Balaban J connectivity index is 2.03. The summed E-state index contributed by atoms with van der Waals surface area (Å²) in [6.45, 7) is 0. The monoisotopic (exact) mass is 378 g/mol. The number of aromatic nitrogens is 2. The van der Waals surface area contributed by atoms with E-state index in [-0.39, 0.29) is 23.0 Å². The van der Waals surface area contributed by atoms with Crippen molar-refractivity contribution in [2.75, 3.05) is 5.32 Å². The van der Waals surface area contributed by atoms with Crippen LogP contribution in [0.1, 0.15) is 34.6 Å². The molecule has 0 bridgehead atoms. The van der Waals surface area contributed by atoms with E-state index < -0.39 is 24.2 Å². The van der Waals surface area contributed by atoms with Crippen LogP contribution in [0.25, 0.3) is 0 Å². The highest BCUT2D eigenvalue weighted by Gasteiger charge is 2.46. The molecular weight excluding hydrogens is 368 g/mol. The third-order valence-electron chi connectivity index (χ3n) is 3.79. The number of hydrogen-bond acceptors (Lipinski definition) is 3. The van der Waals surface area contributed by atoms with Crippen molar-refractivity contribution in [3.05, 3.63) is 45.6 Å². The topological polar surface area (TPSA) is 72.9 Å². The molecule has 5 nitrogen and oxygen atoms in total. The molecular formula is C14H11Cl2F3N4O. The molecule has 24 heavy (non-hydrogen) atoms. The first-order valence-electron chi connectivity index (χ1n) is 6.84. The quantitative estimate of drug-likeness (QED) is 0.830. The van der Waals surface area contributed by atoms with Crippen molar-refractivity contribution >= 4 is 34.9 Å². The Morgan fingerprint density at radius 1 is 1.29 bits per heavy atom. The normalized spacial score (nSPS) is 20.4. The predicted molar refractivity (Wildman–Crippen MR) is 83.3 cm³/mol. The summed E-state index contributed by atoms with van der Waals surface area (Å²) in [5.41, 5.74) is 5.42. The maximum absolute atomic E-state index is 13.4. The van der Waals surface area contributed by atoms with E-state index in [2.05, 4.69) is 10.4 Å². The van der Waals surface area contributed by atoms with Gasteiger partial charge in [-0.2, -0.15) is 18.3 Å². The molecule has 10 heteroatoms. The Hall–Kier alpha value is -1.93. The van der Waals surface area contributed by atoms with Crippen LogP contribution in [0.5, 0.6) is 0 Å². The standard InChI is InChI=1S/C14H11Cl2F3N4O/c15-7-2-1-6(3-8(7)16)9-4-11(14(17,18)19)23-12(21-9)5-10(22-23)13(20)24/h1-3,5,9,11,21H,4H2,(H2,20,24). The number of hydrogen-bond donors (Lipinski definition) is 2. The van der Waals surface area contributed by atoms with Crippen LogP contribution in [0.4, 0.5) is 19.0 Å². The Morgan fingerprint density at radius 2 is 2.00 bits per heavy atom. The van der Waals surface area contributed by atoms with Crippen LogP contribution in [-0.2, 0) is 0 Å². The molecule has 3 N–H and O–H groups in total. The van der Waals surface area contributed by atoms with E-state index >= 15 is 0 Å². The number of carbonyl (C=O) groups is 1. The molecule has 128 valence electrons. The first kappa shape index (κ1) is 16.9. The molecule has 1 aliphatic heterocycles. The van der Waals surface area contributed by atoms with Gasteiger partial charge in [-0.25, -0.2) is 4.68 Å². The van der Waals surface area contributed by atoms with E-state index in [0.717, 1.165) is 4.68 Å². The highest BCUT2D eigenvalue weighted by Crippen LogP contribution is 2.44. The first-order valence-corrected chi connectivity index (χ1v) is 7.60. The molecule has 2 unspecified atom stereocenters. The third kappa shape index (κ3) is 3.03. The maximum Gasteiger partial charge on any atom is 0.410 e. The summed E-state index contributed by atoms with van der Waals surface area (Å²) < 4.78 is 41.0. The first-order chi connectivity index (χ1) is 11.2. The predicted octanol–water partition coefficient (Wildman–Crippen LogP) is 3.95. The van der Waals surface area contributed by atoms with Gasteiger partial charge < -0.3 is 11.1 Å². The van der Waals surface area contributed by atoms with Crippen molar-refractivity contribution < 1.29 is 18.0 Å². The molecule has 2 heterocycles. The number of nitrogens with two attached hydrogens (primary N) is 1. The van der Waals surface area contributed by atoms with Crippen LogP contribution in [0.15, 0.2) is 24.3 Å². The van der Waals surface area contributed by atoms with E-state index in [4.69, 9.17) is 28.9 Å². The van der Waals surface area contributed by atoms with Crippen molar-refractivity contribution in [2.24, 2.45) is 5.73 Å². The Bertz CT molecular complexity index is 806. The molecule has 1 aliphatic rings. The fourth-order valence-electron chi connectivity index (χ4n) is 2.64. The SMILES string of the molecule is NC(=O)c1cc2n(n1)C(C(F)(F)F)CC(c1ccc(Cl)c(Cl)c1)N2. The van der Waals surface area contributed by atoms with E-state index in [9.17, 15) is 18.0 Å². The van der Waals surface area contributed by atoms with Gasteiger partial charge in [-0.3, -0.25) is 4.79 Å². The lowest BCUT2D eigenvalue weighted by atomic mass is 9.97. The Labute approximate surface area is 144 Å². The van der Waals surface area contributed by atoms with Gasteiger partial charge in [0, 0.05) is 12.5 Å². The number of amides is 1. The van der Waals surface area contributed by atoms with Crippen molar-refractivity contribution in [2.45, 2.75) is 24.7 Å². The summed E-state index contributed by atoms with van der Waals surface area (Å²) in [5, 5.41) is 7.16. The summed E-state index contributed by atoms with van der Waals surface area (Å²) in [6.07, 6.45) is -4.85. The summed E-state index contributed by atoms with van der Waals surface area (Å²) >= 11 is 11.8. The van der Waals surface area contributed by atoms with E-state index in [1.165, 1.54) is 18.2 Å². The fourth-order valence-corrected chi connectivity index (χ4v) is 2.95. The van der Waals surface area contributed by atoms with Gasteiger partial charge in [0.25, 0.3) is 5.91 Å². The van der Waals surface area contributed by atoms with Gasteiger partial charge in [0.2, 0.25) is 0 Å². The minimum atomic E-state index is -4.54. The van der Waals surface area contributed by atoms with Gasteiger partial charge >= 0.3 is 6.18 Å². The summed E-state index contributed by atoms with van der Waals surface area (Å²) in [6, 6.07) is 3.27. The largest absolute Gasteiger partial charge is 0.410 e. The number of fused-ring (bicyclic) bond motifs is 1. The molecule has 1 amide bonds. The van der Waals surface area contributed by atoms with Crippen LogP contribution in [0, 0.1) is 0 Å². The molecule has 0 saturated carbocycles. The minimum Gasteiger partial charge on any atom is -0.364 e. The van der Waals surface area contributed by atoms with Crippen molar-refractivity contribution in [3.8, 4) is 0 Å². The van der Waals surface area contributed by atoms with Crippen LogP contribution in [-0.4, -0.2) is 21.9 Å². The molecule has 2 atom stereocenters. The number of anilines is 1. The van der Waals surface area contributed by atoms with Gasteiger partial charge in [-0.15, -0.1) is 0 Å². The molecule has 0 saturated heterocycles. The van der Waals surface area contributed by atoms with Gasteiger partial charge in [-0.05, 0) is 17.7 Å². The molecule has 0 fully saturated rings. The summed E-state index contributed by atoms with van der Waals surface area (Å²) in [7, 11) is 0. The smallest absolute Gasteiger partial charge is 0.364 e. The lowest BCUT2D eigenvalue weighted by molar-refractivity contribution is -0.173. The highest BCUT2D eigenvalue weighted by molar-refractivity contribution is 6.42.